The van der Waals surface area contributed by atoms with E-state index in [9.17, 15) is 4.79 Å². The average Bonchev–Trinajstić information content (AvgIpc) is 2.59. The molecule has 0 bridgehead atoms. The third-order valence-corrected chi connectivity index (χ3v) is 2.80. The summed E-state index contributed by atoms with van der Waals surface area (Å²) in [6, 6.07) is 2.05. The number of carboxylic acid groups (broad SMARTS) is 1. The Balaban J connectivity index is 2.79. The van der Waals surface area contributed by atoms with Crippen LogP contribution < -0.4 is 0 Å². The van der Waals surface area contributed by atoms with E-state index >= 15 is 0 Å². The van der Waals surface area contributed by atoms with E-state index in [2.05, 4.69) is 25.7 Å². The Bertz CT molecular complexity index is 382. The fraction of sp³-hybridized carbons (Fsp3) is 0.615. The Hall–Kier alpha value is -1.29. The molecule has 0 amide bonds. The van der Waals surface area contributed by atoms with E-state index in [1.807, 2.05) is 0 Å². The first kappa shape index (κ1) is 13.8. The molecule has 4 nitrogen and oxygen atoms in total. The number of carbonyl (C=O) groups is 1. The predicted molar refractivity (Wildman–Crippen MR) is 66.2 cm³/mol. The van der Waals surface area contributed by atoms with Crippen LogP contribution >= 0.6 is 0 Å². The second kappa shape index (κ2) is 5.87. The molecule has 96 valence electrons. The average molecular weight is 239 g/mol. The number of carboxylic acids is 1. The highest BCUT2D eigenvalue weighted by Crippen LogP contribution is 2.17. The van der Waals surface area contributed by atoms with Gasteiger partial charge in [-0.05, 0) is 39.8 Å². The molecule has 1 aromatic heterocycles. The molecular formula is C13H21NO3. The molecule has 1 rings (SSSR count). The molecule has 0 aliphatic rings. The van der Waals surface area contributed by atoms with E-state index in [0.717, 1.165) is 18.7 Å². The van der Waals surface area contributed by atoms with E-state index in [1.165, 1.54) is 0 Å². The highest BCUT2D eigenvalue weighted by Gasteiger charge is 2.16. The lowest BCUT2D eigenvalue weighted by atomic mass is 10.2. The minimum absolute atomic E-state index is 0.264. The first-order valence-corrected chi connectivity index (χ1v) is 6.02. The summed E-state index contributed by atoms with van der Waals surface area (Å²) in [5.74, 6) is 0.277. The number of hydrogen-bond donors (Lipinski definition) is 1. The molecule has 4 heteroatoms. The molecule has 0 radical (unpaired) electrons. The largest absolute Gasteiger partial charge is 0.478 e. The molecule has 1 heterocycles. The van der Waals surface area contributed by atoms with Crippen LogP contribution in [0.4, 0.5) is 0 Å². The molecule has 0 aliphatic heterocycles. The van der Waals surface area contributed by atoms with Gasteiger partial charge in [-0.15, -0.1) is 0 Å². The summed E-state index contributed by atoms with van der Waals surface area (Å²) < 4.78 is 5.48. The van der Waals surface area contributed by atoms with Crippen LogP contribution in [0.15, 0.2) is 10.5 Å². The lowest BCUT2D eigenvalue weighted by molar-refractivity contribution is 0.0695. The van der Waals surface area contributed by atoms with Crippen molar-refractivity contribution in [2.24, 2.45) is 0 Å². The molecule has 1 N–H and O–H groups in total. The molecule has 0 aromatic carbocycles. The van der Waals surface area contributed by atoms with Gasteiger partial charge < -0.3 is 9.52 Å². The summed E-state index contributed by atoms with van der Waals surface area (Å²) >= 11 is 0. The van der Waals surface area contributed by atoms with Gasteiger partial charge in [0.15, 0.2) is 0 Å². The Morgan fingerprint density at radius 1 is 1.53 bits per heavy atom. The summed E-state index contributed by atoms with van der Waals surface area (Å²) in [5, 5.41) is 8.95. The van der Waals surface area contributed by atoms with Crippen LogP contribution in [0, 0.1) is 6.92 Å². The summed E-state index contributed by atoms with van der Waals surface area (Å²) in [4.78, 5) is 13.2. The second-order valence-electron chi connectivity index (χ2n) is 4.55. The van der Waals surface area contributed by atoms with Crippen LogP contribution in [0.2, 0.25) is 0 Å². The number of aryl methyl sites for hydroxylation is 1. The van der Waals surface area contributed by atoms with Crippen LogP contribution in [-0.4, -0.2) is 28.6 Å². The van der Waals surface area contributed by atoms with Crippen LogP contribution in [0.25, 0.3) is 0 Å². The molecule has 0 fully saturated rings. The van der Waals surface area contributed by atoms with Gasteiger partial charge in [0.2, 0.25) is 0 Å². The van der Waals surface area contributed by atoms with Gasteiger partial charge in [0.1, 0.15) is 17.1 Å². The van der Waals surface area contributed by atoms with Gasteiger partial charge in [0.05, 0.1) is 6.54 Å². The molecule has 0 atom stereocenters. The van der Waals surface area contributed by atoms with Crippen molar-refractivity contribution >= 4 is 5.97 Å². The molecule has 0 spiro atoms. The van der Waals surface area contributed by atoms with Crippen molar-refractivity contribution in [2.45, 2.75) is 46.7 Å². The highest BCUT2D eigenvalue weighted by atomic mass is 16.4. The quantitative estimate of drug-likeness (QED) is 0.829. The number of aromatic carboxylic acids is 1. The number of hydrogen-bond acceptors (Lipinski definition) is 3. The maximum absolute atomic E-state index is 10.9. The van der Waals surface area contributed by atoms with Crippen molar-refractivity contribution in [1.29, 1.82) is 0 Å². The molecule has 17 heavy (non-hydrogen) atoms. The molecule has 0 saturated carbocycles. The van der Waals surface area contributed by atoms with Crippen LogP contribution in [-0.2, 0) is 6.54 Å². The minimum atomic E-state index is -0.927. The second-order valence-corrected chi connectivity index (χ2v) is 4.55. The number of nitrogens with zero attached hydrogens (tertiary/aromatic N) is 1. The van der Waals surface area contributed by atoms with Crippen molar-refractivity contribution in [1.82, 2.24) is 4.90 Å². The number of furan rings is 1. The van der Waals surface area contributed by atoms with Crippen LogP contribution in [0.3, 0.4) is 0 Å². The lowest BCUT2D eigenvalue weighted by Gasteiger charge is -2.24. The third kappa shape index (κ3) is 3.60. The molecule has 0 unspecified atom stereocenters. The van der Waals surface area contributed by atoms with E-state index in [0.29, 0.717) is 18.3 Å². The first-order valence-electron chi connectivity index (χ1n) is 6.02. The molecule has 0 aliphatic carbocycles. The molecule has 0 saturated heterocycles. The normalized spacial score (nSPS) is 11.4. The summed E-state index contributed by atoms with van der Waals surface area (Å²) in [6.45, 7) is 9.73. The van der Waals surface area contributed by atoms with Gasteiger partial charge in [-0.1, -0.05) is 6.92 Å². The molecular weight excluding hydrogens is 218 g/mol. The monoisotopic (exact) mass is 239 g/mol. The molecule has 1 aromatic rings. The SMILES string of the molecule is CCCN(Cc1cc(C(=O)O)c(C)o1)C(C)C. The third-order valence-electron chi connectivity index (χ3n) is 2.80. The standard InChI is InChI=1S/C13H21NO3/c1-5-6-14(9(2)3)8-11-7-12(13(15)16)10(4)17-11/h7,9H,5-6,8H2,1-4H3,(H,15,16). The Kier molecular flexibility index (Phi) is 4.75. The topological polar surface area (TPSA) is 53.7 Å². The first-order chi connectivity index (χ1) is 7.95. The van der Waals surface area contributed by atoms with E-state index in [4.69, 9.17) is 9.52 Å². The summed E-state index contributed by atoms with van der Waals surface area (Å²) in [7, 11) is 0. The zero-order chi connectivity index (χ0) is 13.0. The van der Waals surface area contributed by atoms with Gasteiger partial charge in [-0.3, -0.25) is 4.90 Å². The predicted octanol–water partition coefficient (Wildman–Crippen LogP) is 2.91. The minimum Gasteiger partial charge on any atom is -0.478 e. The van der Waals surface area contributed by atoms with Crippen molar-refractivity contribution in [3.8, 4) is 0 Å². The lowest BCUT2D eigenvalue weighted by Crippen LogP contribution is -2.30. The zero-order valence-corrected chi connectivity index (χ0v) is 11.0. The van der Waals surface area contributed by atoms with Crippen LogP contribution in [0.1, 0.15) is 49.1 Å². The van der Waals surface area contributed by atoms with Gasteiger partial charge in [-0.25, -0.2) is 4.79 Å². The summed E-state index contributed by atoms with van der Waals surface area (Å²) in [6.07, 6.45) is 1.07. The maximum Gasteiger partial charge on any atom is 0.339 e. The van der Waals surface area contributed by atoms with Crippen molar-refractivity contribution in [3.05, 3.63) is 23.2 Å². The fourth-order valence-corrected chi connectivity index (χ4v) is 1.84. The smallest absolute Gasteiger partial charge is 0.339 e. The van der Waals surface area contributed by atoms with E-state index in [1.54, 1.807) is 13.0 Å². The van der Waals surface area contributed by atoms with Gasteiger partial charge >= 0.3 is 5.97 Å². The maximum atomic E-state index is 10.9. The van der Waals surface area contributed by atoms with Gasteiger partial charge in [0.25, 0.3) is 0 Å². The Labute approximate surface area is 102 Å². The van der Waals surface area contributed by atoms with Gasteiger partial charge in [0, 0.05) is 6.04 Å². The fourth-order valence-electron chi connectivity index (χ4n) is 1.84. The highest BCUT2D eigenvalue weighted by molar-refractivity contribution is 5.88. The van der Waals surface area contributed by atoms with Crippen molar-refractivity contribution in [2.75, 3.05) is 6.54 Å². The Morgan fingerprint density at radius 3 is 2.59 bits per heavy atom. The summed E-state index contributed by atoms with van der Waals surface area (Å²) in [5.41, 5.74) is 0.264. The van der Waals surface area contributed by atoms with Crippen molar-refractivity contribution < 1.29 is 14.3 Å². The van der Waals surface area contributed by atoms with Crippen molar-refractivity contribution in [3.63, 3.8) is 0 Å². The van der Waals surface area contributed by atoms with E-state index < -0.39 is 5.97 Å². The van der Waals surface area contributed by atoms with E-state index in [-0.39, 0.29) is 5.56 Å². The zero-order valence-electron chi connectivity index (χ0n) is 11.0. The van der Waals surface area contributed by atoms with Gasteiger partial charge in [-0.2, -0.15) is 0 Å². The van der Waals surface area contributed by atoms with Crippen LogP contribution in [0.5, 0.6) is 0 Å². The number of rotatable bonds is 6. The Morgan fingerprint density at radius 2 is 2.18 bits per heavy atom.